The Hall–Kier alpha value is -2.31. The van der Waals surface area contributed by atoms with Gasteiger partial charge in [0.05, 0.1) is 18.5 Å². The van der Waals surface area contributed by atoms with E-state index in [9.17, 15) is 9.18 Å². The van der Waals surface area contributed by atoms with Crippen LogP contribution in [0.2, 0.25) is 5.02 Å². The predicted octanol–water partition coefficient (Wildman–Crippen LogP) is 3.19. The highest BCUT2D eigenvalue weighted by Crippen LogP contribution is 2.09. The molecule has 21 heavy (non-hydrogen) atoms. The van der Waals surface area contributed by atoms with Gasteiger partial charge in [-0.3, -0.25) is 4.79 Å². The van der Waals surface area contributed by atoms with Gasteiger partial charge in [0.1, 0.15) is 5.82 Å². The van der Waals surface area contributed by atoms with E-state index >= 15 is 0 Å². The molecule has 0 aromatic heterocycles. The van der Waals surface area contributed by atoms with E-state index < -0.39 is 0 Å². The molecule has 106 valence electrons. The Balaban J connectivity index is 1.83. The number of benzene rings is 2. The molecule has 4 heteroatoms. The molecular weight excluding hydrogens is 289 g/mol. The molecule has 2 rings (SSSR count). The summed E-state index contributed by atoms with van der Waals surface area (Å²) in [5.74, 6) is 4.91. The zero-order valence-electron chi connectivity index (χ0n) is 11.2. The van der Waals surface area contributed by atoms with Gasteiger partial charge in [-0.15, -0.1) is 0 Å². The fourth-order valence-corrected chi connectivity index (χ4v) is 1.82. The molecule has 0 heterocycles. The average molecular weight is 302 g/mol. The number of hydrogen-bond donors (Lipinski definition) is 1. The lowest BCUT2D eigenvalue weighted by molar-refractivity contribution is -0.120. The molecule has 0 fully saturated rings. The maximum absolute atomic E-state index is 13.3. The van der Waals surface area contributed by atoms with Crippen molar-refractivity contribution in [2.24, 2.45) is 0 Å². The Morgan fingerprint density at radius 2 is 1.86 bits per heavy atom. The first kappa shape index (κ1) is 15.1. The third kappa shape index (κ3) is 4.94. The van der Waals surface area contributed by atoms with E-state index in [0.717, 1.165) is 5.56 Å². The van der Waals surface area contributed by atoms with Crippen molar-refractivity contribution in [2.45, 2.75) is 6.42 Å². The van der Waals surface area contributed by atoms with Crippen molar-refractivity contribution in [3.05, 3.63) is 70.5 Å². The summed E-state index contributed by atoms with van der Waals surface area (Å²) in [4.78, 5) is 11.7. The number of rotatable bonds is 3. The summed E-state index contributed by atoms with van der Waals surface area (Å²) in [5.41, 5.74) is 1.20. The molecule has 2 aromatic rings. The number of carbonyl (C=O) groups excluding carboxylic acids is 1. The van der Waals surface area contributed by atoms with Crippen molar-refractivity contribution in [3.63, 3.8) is 0 Å². The van der Waals surface area contributed by atoms with E-state index in [2.05, 4.69) is 17.2 Å². The van der Waals surface area contributed by atoms with Crippen molar-refractivity contribution < 1.29 is 9.18 Å². The van der Waals surface area contributed by atoms with Crippen LogP contribution in [0.25, 0.3) is 0 Å². The molecule has 2 aromatic carbocycles. The first-order valence-electron chi connectivity index (χ1n) is 6.40. The van der Waals surface area contributed by atoms with Crippen LogP contribution in [0.1, 0.15) is 11.1 Å². The molecule has 0 aliphatic rings. The fourth-order valence-electron chi connectivity index (χ4n) is 1.69. The third-order valence-corrected chi connectivity index (χ3v) is 3.00. The maximum atomic E-state index is 13.3. The van der Waals surface area contributed by atoms with Gasteiger partial charge in [0.2, 0.25) is 5.91 Å². The van der Waals surface area contributed by atoms with Gasteiger partial charge in [-0.05, 0) is 29.8 Å². The van der Waals surface area contributed by atoms with Gasteiger partial charge in [-0.25, -0.2) is 4.39 Å². The number of hydrogen-bond acceptors (Lipinski definition) is 1. The summed E-state index contributed by atoms with van der Waals surface area (Å²) in [5, 5.41) is 3.30. The summed E-state index contributed by atoms with van der Waals surface area (Å²) < 4.78 is 13.3. The van der Waals surface area contributed by atoms with Crippen LogP contribution in [-0.2, 0) is 11.2 Å². The van der Waals surface area contributed by atoms with Gasteiger partial charge < -0.3 is 5.32 Å². The normalized spacial score (nSPS) is 9.62. The standard InChI is InChI=1S/C17H13ClFNO/c18-15-9-7-13(8-10-15)12-17(21)20-11-3-5-14-4-1-2-6-16(14)19/h1-2,4,6-10H,11-12H2,(H,20,21). The SMILES string of the molecule is O=C(Cc1ccc(Cl)cc1)NCC#Cc1ccccc1F. The second-order valence-corrected chi connectivity index (χ2v) is 4.80. The lowest BCUT2D eigenvalue weighted by Crippen LogP contribution is -2.25. The predicted molar refractivity (Wildman–Crippen MR) is 81.4 cm³/mol. The molecule has 0 saturated heterocycles. The van der Waals surface area contributed by atoms with Gasteiger partial charge in [0.25, 0.3) is 0 Å². The molecule has 0 aliphatic heterocycles. The van der Waals surface area contributed by atoms with Gasteiger partial charge >= 0.3 is 0 Å². The lowest BCUT2D eigenvalue weighted by Gasteiger charge is -2.01. The zero-order valence-corrected chi connectivity index (χ0v) is 12.0. The van der Waals surface area contributed by atoms with Crippen molar-refractivity contribution in [3.8, 4) is 11.8 Å². The molecule has 0 saturated carbocycles. The molecule has 0 bridgehead atoms. The number of halogens is 2. The monoisotopic (exact) mass is 301 g/mol. The lowest BCUT2D eigenvalue weighted by atomic mass is 10.1. The third-order valence-electron chi connectivity index (χ3n) is 2.75. The fraction of sp³-hybridized carbons (Fsp3) is 0.118. The molecule has 1 amide bonds. The molecule has 0 radical (unpaired) electrons. The highest BCUT2D eigenvalue weighted by Gasteiger charge is 2.01. The van der Waals surface area contributed by atoms with Gasteiger partial charge in [0, 0.05) is 5.02 Å². The van der Waals surface area contributed by atoms with Crippen LogP contribution in [0.15, 0.2) is 48.5 Å². The van der Waals surface area contributed by atoms with Gasteiger partial charge in [-0.1, -0.05) is 47.7 Å². The summed E-state index contributed by atoms with van der Waals surface area (Å²) in [6.07, 6.45) is 0.262. The Morgan fingerprint density at radius 3 is 2.57 bits per heavy atom. The molecule has 2 nitrogen and oxygen atoms in total. The van der Waals surface area contributed by atoms with E-state index in [4.69, 9.17) is 11.6 Å². The maximum Gasteiger partial charge on any atom is 0.225 e. The quantitative estimate of drug-likeness (QED) is 0.867. The number of carbonyl (C=O) groups is 1. The van der Waals surface area contributed by atoms with Crippen LogP contribution in [0, 0.1) is 17.7 Å². The molecule has 0 spiro atoms. The Bertz CT molecular complexity index is 686. The second kappa shape index (κ2) is 7.47. The van der Waals surface area contributed by atoms with Crippen LogP contribution < -0.4 is 5.32 Å². The molecular formula is C17H13ClFNO. The minimum atomic E-state index is -0.363. The highest BCUT2D eigenvalue weighted by molar-refractivity contribution is 6.30. The van der Waals surface area contributed by atoms with Crippen LogP contribution in [-0.4, -0.2) is 12.5 Å². The zero-order chi connectivity index (χ0) is 15.1. The van der Waals surface area contributed by atoms with E-state index in [0.29, 0.717) is 10.6 Å². The van der Waals surface area contributed by atoms with E-state index in [1.54, 1.807) is 42.5 Å². The van der Waals surface area contributed by atoms with E-state index in [1.807, 2.05) is 0 Å². The summed E-state index contributed by atoms with van der Waals surface area (Å²) >= 11 is 5.77. The van der Waals surface area contributed by atoms with Crippen LogP contribution in [0.3, 0.4) is 0 Å². The van der Waals surface area contributed by atoms with E-state index in [-0.39, 0.29) is 24.7 Å². The smallest absolute Gasteiger partial charge is 0.225 e. The van der Waals surface area contributed by atoms with E-state index in [1.165, 1.54) is 6.07 Å². The molecule has 0 unspecified atom stereocenters. The molecule has 0 aliphatic carbocycles. The first-order valence-corrected chi connectivity index (χ1v) is 6.77. The molecule has 1 N–H and O–H groups in total. The van der Waals surface area contributed by atoms with Crippen LogP contribution in [0.4, 0.5) is 4.39 Å². The van der Waals surface area contributed by atoms with Crippen molar-refractivity contribution in [1.29, 1.82) is 0 Å². The number of amides is 1. The minimum Gasteiger partial charge on any atom is -0.345 e. The van der Waals surface area contributed by atoms with Crippen molar-refractivity contribution in [1.82, 2.24) is 5.32 Å². The largest absolute Gasteiger partial charge is 0.345 e. The van der Waals surface area contributed by atoms with Crippen LogP contribution >= 0.6 is 11.6 Å². The van der Waals surface area contributed by atoms with Crippen molar-refractivity contribution in [2.75, 3.05) is 6.54 Å². The average Bonchev–Trinajstić information content (AvgIpc) is 2.48. The second-order valence-electron chi connectivity index (χ2n) is 4.36. The van der Waals surface area contributed by atoms with Gasteiger partial charge in [-0.2, -0.15) is 0 Å². The highest BCUT2D eigenvalue weighted by atomic mass is 35.5. The molecule has 0 atom stereocenters. The first-order chi connectivity index (χ1) is 10.1. The Morgan fingerprint density at radius 1 is 1.14 bits per heavy atom. The summed E-state index contributed by atoms with van der Waals surface area (Å²) in [6.45, 7) is 0.181. The summed E-state index contributed by atoms with van der Waals surface area (Å²) in [6, 6.07) is 13.3. The Labute approximate surface area is 127 Å². The van der Waals surface area contributed by atoms with Crippen molar-refractivity contribution >= 4 is 17.5 Å². The Kier molecular flexibility index (Phi) is 5.36. The summed E-state index contributed by atoms with van der Waals surface area (Å²) in [7, 11) is 0. The minimum absolute atomic E-state index is 0.139. The topological polar surface area (TPSA) is 29.1 Å². The van der Waals surface area contributed by atoms with Gasteiger partial charge in [0.15, 0.2) is 0 Å². The van der Waals surface area contributed by atoms with Crippen LogP contribution in [0.5, 0.6) is 0 Å². The number of nitrogens with one attached hydrogen (secondary N) is 1.